The van der Waals surface area contributed by atoms with Gasteiger partial charge in [0.15, 0.2) is 0 Å². The van der Waals surface area contributed by atoms with Gasteiger partial charge in [0.1, 0.15) is 0 Å². The number of hydrogen-bond acceptors (Lipinski definition) is 2. The van der Waals surface area contributed by atoms with Crippen LogP contribution in [0.1, 0.15) is 40.5 Å². The molecule has 0 heterocycles. The molecule has 2 nitrogen and oxygen atoms in total. The molecule has 0 fully saturated rings. The minimum atomic E-state index is -0.181. The fourth-order valence-corrected chi connectivity index (χ4v) is 1.11. The first-order valence-electron chi connectivity index (χ1n) is 4.97. The monoisotopic (exact) mass is 173 g/mol. The van der Waals surface area contributed by atoms with Gasteiger partial charge >= 0.3 is 0 Å². The van der Waals surface area contributed by atoms with Crippen LogP contribution in [-0.4, -0.2) is 23.8 Å². The van der Waals surface area contributed by atoms with Crippen molar-refractivity contribution in [2.24, 2.45) is 5.92 Å². The highest BCUT2D eigenvalue weighted by Gasteiger charge is 2.07. The largest absolute Gasteiger partial charge is 0.392 e. The first-order chi connectivity index (χ1) is 5.56. The van der Waals surface area contributed by atoms with E-state index in [9.17, 15) is 5.11 Å². The number of rotatable bonds is 6. The maximum Gasteiger partial charge on any atom is 0.0667 e. The van der Waals surface area contributed by atoms with Crippen LogP contribution in [0.15, 0.2) is 0 Å². The third-order valence-electron chi connectivity index (χ3n) is 2.06. The average Bonchev–Trinajstić information content (AvgIpc) is 1.99. The Morgan fingerprint density at radius 1 is 1.25 bits per heavy atom. The molecular formula is C10H23NO. The molecule has 12 heavy (non-hydrogen) atoms. The Morgan fingerprint density at radius 2 is 1.83 bits per heavy atom. The summed E-state index contributed by atoms with van der Waals surface area (Å²) in [5, 5.41) is 12.8. The molecule has 0 saturated heterocycles. The summed E-state index contributed by atoms with van der Waals surface area (Å²) in [6.07, 6.45) is 1.83. The van der Waals surface area contributed by atoms with Crippen molar-refractivity contribution < 1.29 is 5.11 Å². The van der Waals surface area contributed by atoms with Gasteiger partial charge in [0.25, 0.3) is 0 Å². The summed E-state index contributed by atoms with van der Waals surface area (Å²) in [4.78, 5) is 0. The first kappa shape index (κ1) is 11.9. The molecular weight excluding hydrogens is 150 g/mol. The lowest BCUT2D eigenvalue weighted by Gasteiger charge is -2.16. The topological polar surface area (TPSA) is 32.3 Å². The van der Waals surface area contributed by atoms with Gasteiger partial charge in [0.2, 0.25) is 0 Å². The summed E-state index contributed by atoms with van der Waals surface area (Å²) >= 11 is 0. The lowest BCUT2D eigenvalue weighted by Crippen LogP contribution is -2.33. The molecule has 0 aromatic carbocycles. The molecule has 0 aliphatic carbocycles. The zero-order valence-corrected chi connectivity index (χ0v) is 8.80. The van der Waals surface area contributed by atoms with Crippen LogP contribution < -0.4 is 5.32 Å². The van der Waals surface area contributed by atoms with Crippen molar-refractivity contribution in [2.75, 3.05) is 6.54 Å². The molecule has 0 saturated carbocycles. The highest BCUT2D eigenvalue weighted by molar-refractivity contribution is 4.65. The van der Waals surface area contributed by atoms with Crippen LogP contribution in [0.5, 0.6) is 0 Å². The van der Waals surface area contributed by atoms with E-state index in [1.54, 1.807) is 0 Å². The van der Waals surface area contributed by atoms with Crippen LogP contribution in [0.25, 0.3) is 0 Å². The lowest BCUT2D eigenvalue weighted by atomic mass is 10.1. The second-order valence-corrected chi connectivity index (χ2v) is 4.00. The van der Waals surface area contributed by atoms with E-state index in [1.165, 1.54) is 0 Å². The van der Waals surface area contributed by atoms with Crippen molar-refractivity contribution in [3.63, 3.8) is 0 Å². The highest BCUT2D eigenvalue weighted by atomic mass is 16.3. The third-order valence-corrected chi connectivity index (χ3v) is 2.06. The third kappa shape index (κ3) is 6.62. The van der Waals surface area contributed by atoms with E-state index < -0.39 is 0 Å². The lowest BCUT2D eigenvalue weighted by molar-refractivity contribution is 0.143. The van der Waals surface area contributed by atoms with Gasteiger partial charge in [-0.3, -0.25) is 0 Å². The van der Waals surface area contributed by atoms with E-state index in [1.807, 2.05) is 0 Å². The fraction of sp³-hybridized carbons (Fsp3) is 1.00. The van der Waals surface area contributed by atoms with Crippen LogP contribution >= 0.6 is 0 Å². The molecule has 2 unspecified atom stereocenters. The van der Waals surface area contributed by atoms with Crippen molar-refractivity contribution in [3.8, 4) is 0 Å². The second kappa shape index (κ2) is 6.44. The van der Waals surface area contributed by atoms with Gasteiger partial charge in [0, 0.05) is 12.6 Å². The summed E-state index contributed by atoms with van der Waals surface area (Å²) in [5.41, 5.74) is 0. The standard InChI is InChI=1S/C10H23NO/c1-5-9(4)11-7-10(12)6-8(2)3/h8-12H,5-7H2,1-4H3. The first-order valence-corrected chi connectivity index (χ1v) is 4.97. The molecule has 0 aromatic rings. The van der Waals surface area contributed by atoms with Crippen LogP contribution in [0.4, 0.5) is 0 Å². The smallest absolute Gasteiger partial charge is 0.0667 e. The van der Waals surface area contributed by atoms with Gasteiger partial charge in [-0.05, 0) is 25.7 Å². The molecule has 0 spiro atoms. The molecule has 0 aliphatic rings. The Balaban J connectivity index is 3.36. The highest BCUT2D eigenvalue weighted by Crippen LogP contribution is 2.03. The van der Waals surface area contributed by atoms with Crippen molar-refractivity contribution in [1.82, 2.24) is 5.32 Å². The summed E-state index contributed by atoms with van der Waals surface area (Å²) in [6.45, 7) is 9.28. The Morgan fingerprint density at radius 3 is 2.25 bits per heavy atom. The Bertz CT molecular complexity index is 104. The van der Waals surface area contributed by atoms with E-state index in [0.29, 0.717) is 12.0 Å². The zero-order chi connectivity index (χ0) is 9.56. The normalized spacial score (nSPS) is 16.5. The zero-order valence-electron chi connectivity index (χ0n) is 8.80. The predicted molar refractivity (Wildman–Crippen MR) is 53.2 cm³/mol. The van der Waals surface area contributed by atoms with Crippen LogP contribution in [0, 0.1) is 5.92 Å². The minimum absolute atomic E-state index is 0.181. The average molecular weight is 173 g/mol. The van der Waals surface area contributed by atoms with Gasteiger partial charge in [-0.2, -0.15) is 0 Å². The van der Waals surface area contributed by atoms with Gasteiger partial charge in [-0.25, -0.2) is 0 Å². The molecule has 0 aliphatic heterocycles. The number of aliphatic hydroxyl groups excluding tert-OH is 1. The van der Waals surface area contributed by atoms with E-state index in [2.05, 4.69) is 33.0 Å². The molecule has 0 amide bonds. The number of hydrogen-bond donors (Lipinski definition) is 2. The molecule has 0 aromatic heterocycles. The van der Waals surface area contributed by atoms with E-state index in [4.69, 9.17) is 0 Å². The van der Waals surface area contributed by atoms with Crippen LogP contribution in [0.2, 0.25) is 0 Å². The van der Waals surface area contributed by atoms with E-state index in [0.717, 1.165) is 19.4 Å². The van der Waals surface area contributed by atoms with Crippen molar-refractivity contribution >= 4 is 0 Å². The Hall–Kier alpha value is -0.0800. The number of nitrogens with one attached hydrogen (secondary N) is 1. The maximum atomic E-state index is 9.50. The van der Waals surface area contributed by atoms with Crippen LogP contribution in [-0.2, 0) is 0 Å². The van der Waals surface area contributed by atoms with Crippen molar-refractivity contribution in [3.05, 3.63) is 0 Å². The summed E-state index contributed by atoms with van der Waals surface area (Å²) in [5.74, 6) is 0.582. The molecule has 0 rings (SSSR count). The van der Waals surface area contributed by atoms with Crippen LogP contribution in [0.3, 0.4) is 0 Å². The molecule has 2 heteroatoms. The predicted octanol–water partition coefficient (Wildman–Crippen LogP) is 1.78. The Labute approximate surface area is 76.4 Å². The molecule has 2 atom stereocenters. The molecule has 74 valence electrons. The summed E-state index contributed by atoms with van der Waals surface area (Å²) in [6, 6.07) is 0.520. The molecule has 0 radical (unpaired) electrons. The Kier molecular flexibility index (Phi) is 6.39. The van der Waals surface area contributed by atoms with Gasteiger partial charge in [-0.1, -0.05) is 20.8 Å². The molecule has 2 N–H and O–H groups in total. The van der Waals surface area contributed by atoms with Gasteiger partial charge < -0.3 is 10.4 Å². The van der Waals surface area contributed by atoms with E-state index in [-0.39, 0.29) is 6.10 Å². The van der Waals surface area contributed by atoms with Gasteiger partial charge in [-0.15, -0.1) is 0 Å². The minimum Gasteiger partial charge on any atom is -0.392 e. The summed E-state index contributed by atoms with van der Waals surface area (Å²) in [7, 11) is 0. The van der Waals surface area contributed by atoms with Gasteiger partial charge in [0.05, 0.1) is 6.10 Å². The fourth-order valence-electron chi connectivity index (χ4n) is 1.11. The van der Waals surface area contributed by atoms with Crippen molar-refractivity contribution in [2.45, 2.75) is 52.7 Å². The summed E-state index contributed by atoms with van der Waals surface area (Å²) < 4.78 is 0. The molecule has 0 bridgehead atoms. The quantitative estimate of drug-likeness (QED) is 0.641. The maximum absolute atomic E-state index is 9.50. The SMILES string of the molecule is CCC(C)NCC(O)CC(C)C. The second-order valence-electron chi connectivity index (χ2n) is 4.00. The van der Waals surface area contributed by atoms with E-state index >= 15 is 0 Å². The van der Waals surface area contributed by atoms with Crippen molar-refractivity contribution in [1.29, 1.82) is 0 Å². The number of aliphatic hydroxyl groups is 1.